The molecule has 4 rings (SSSR count). The summed E-state index contributed by atoms with van der Waals surface area (Å²) in [6.45, 7) is 12.6. The summed E-state index contributed by atoms with van der Waals surface area (Å²) in [6, 6.07) is 30.4. The number of hydrogen-bond donors (Lipinski definition) is 0. The Morgan fingerprint density at radius 2 is 1.15 bits per heavy atom. The van der Waals surface area contributed by atoms with Gasteiger partial charge in [0.05, 0.1) is 5.69 Å². The van der Waals surface area contributed by atoms with Gasteiger partial charge in [-0.2, -0.15) is 0 Å². The third-order valence-corrected chi connectivity index (χ3v) is 5.97. The van der Waals surface area contributed by atoms with Gasteiger partial charge in [-0.15, -0.1) is 0 Å². The van der Waals surface area contributed by atoms with E-state index in [1.165, 1.54) is 44.8 Å². The van der Waals surface area contributed by atoms with Gasteiger partial charge in [0, 0.05) is 11.4 Å². The van der Waals surface area contributed by atoms with E-state index in [1.807, 2.05) is 12.1 Å². The van der Waals surface area contributed by atoms with Crippen molar-refractivity contribution in [3.63, 3.8) is 0 Å². The maximum Gasteiger partial charge on any atom is 0.0520 e. The van der Waals surface area contributed by atoms with Gasteiger partial charge in [-0.05, 0) is 79.8 Å². The second-order valence-corrected chi connectivity index (χ2v) is 8.68. The first-order valence-corrected chi connectivity index (χ1v) is 11.4. The summed E-state index contributed by atoms with van der Waals surface area (Å²) in [5.74, 6) is 0. The van der Waals surface area contributed by atoms with Crippen LogP contribution >= 0.6 is 0 Å². The Bertz CT molecular complexity index is 1270. The van der Waals surface area contributed by atoms with Crippen LogP contribution in [-0.2, 0) is 0 Å². The highest BCUT2D eigenvalue weighted by atomic mass is 15.1. The van der Waals surface area contributed by atoms with Crippen LogP contribution in [0, 0.1) is 27.7 Å². The molecule has 33 heavy (non-hydrogen) atoms. The number of hydrogen-bond acceptors (Lipinski definition) is 1. The van der Waals surface area contributed by atoms with Crippen LogP contribution in [0.2, 0.25) is 0 Å². The second kappa shape index (κ2) is 9.75. The zero-order valence-electron chi connectivity index (χ0n) is 20.0. The number of aryl methyl sites for hydroxylation is 4. The van der Waals surface area contributed by atoms with Crippen LogP contribution in [0.4, 0.5) is 17.1 Å². The zero-order chi connectivity index (χ0) is 23.4. The van der Waals surface area contributed by atoms with Crippen molar-refractivity contribution in [3.05, 3.63) is 130 Å². The van der Waals surface area contributed by atoms with Gasteiger partial charge in [0.25, 0.3) is 0 Å². The van der Waals surface area contributed by atoms with Crippen molar-refractivity contribution in [2.24, 2.45) is 0 Å². The minimum absolute atomic E-state index is 1.14. The van der Waals surface area contributed by atoms with Crippen molar-refractivity contribution in [1.29, 1.82) is 0 Å². The first kappa shape index (κ1) is 22.4. The summed E-state index contributed by atoms with van der Waals surface area (Å²) in [4.78, 5) is 2.37. The molecular formula is C32H31N. The Balaban J connectivity index is 1.73. The molecule has 1 nitrogen and oxygen atoms in total. The van der Waals surface area contributed by atoms with E-state index in [4.69, 9.17) is 0 Å². The van der Waals surface area contributed by atoms with Gasteiger partial charge in [0.1, 0.15) is 0 Å². The molecule has 0 atom stereocenters. The number of anilines is 3. The van der Waals surface area contributed by atoms with Crippen LogP contribution in [-0.4, -0.2) is 0 Å². The summed E-state index contributed by atoms with van der Waals surface area (Å²) in [5.41, 5.74) is 12.1. The number of benzene rings is 4. The lowest BCUT2D eigenvalue weighted by atomic mass is 10.0. The third kappa shape index (κ3) is 4.99. The highest BCUT2D eigenvalue weighted by Crippen LogP contribution is 2.39. The van der Waals surface area contributed by atoms with Crippen molar-refractivity contribution in [2.45, 2.75) is 27.7 Å². The highest BCUT2D eigenvalue weighted by molar-refractivity contribution is 5.82. The van der Waals surface area contributed by atoms with Crippen LogP contribution in [0.15, 0.2) is 91.5 Å². The van der Waals surface area contributed by atoms with Crippen molar-refractivity contribution in [1.82, 2.24) is 0 Å². The van der Waals surface area contributed by atoms with Gasteiger partial charge < -0.3 is 4.90 Å². The van der Waals surface area contributed by atoms with Crippen LogP contribution in [0.5, 0.6) is 0 Å². The van der Waals surface area contributed by atoms with Gasteiger partial charge >= 0.3 is 0 Å². The molecule has 0 aromatic heterocycles. The summed E-state index contributed by atoms with van der Waals surface area (Å²) in [6.07, 6.45) is 6.21. The lowest BCUT2D eigenvalue weighted by Gasteiger charge is -2.29. The van der Waals surface area contributed by atoms with Crippen LogP contribution in [0.3, 0.4) is 0 Å². The Morgan fingerprint density at radius 1 is 0.606 bits per heavy atom. The minimum atomic E-state index is 1.14. The molecule has 0 amide bonds. The summed E-state index contributed by atoms with van der Waals surface area (Å²) < 4.78 is 0. The smallest absolute Gasteiger partial charge is 0.0520 e. The molecule has 0 bridgehead atoms. The molecule has 0 fully saturated rings. The fourth-order valence-electron chi connectivity index (χ4n) is 4.40. The molecular weight excluding hydrogens is 398 g/mol. The van der Waals surface area contributed by atoms with Gasteiger partial charge in [-0.3, -0.25) is 0 Å². The average Bonchev–Trinajstić information content (AvgIpc) is 2.81. The van der Waals surface area contributed by atoms with Crippen molar-refractivity contribution >= 4 is 35.3 Å². The summed E-state index contributed by atoms with van der Waals surface area (Å²) in [5, 5.41) is 0. The lowest BCUT2D eigenvalue weighted by Crippen LogP contribution is -2.13. The predicted molar refractivity (Wildman–Crippen MR) is 146 cm³/mol. The fraction of sp³-hybridized carbons (Fsp3) is 0.125. The predicted octanol–water partition coefficient (Wildman–Crippen LogP) is 9.20. The maximum absolute atomic E-state index is 3.92. The van der Waals surface area contributed by atoms with Crippen LogP contribution < -0.4 is 4.90 Å². The summed E-state index contributed by atoms with van der Waals surface area (Å²) >= 11 is 0. The topological polar surface area (TPSA) is 3.24 Å². The SMILES string of the molecule is C=Cc1ccccc1C=Cc1ccc(N(c2ccc(C)cc2)c2c(C)cc(C)cc2C)cc1. The van der Waals surface area contributed by atoms with E-state index in [-0.39, 0.29) is 0 Å². The van der Waals surface area contributed by atoms with Gasteiger partial charge in [-0.1, -0.05) is 96.6 Å². The fourth-order valence-corrected chi connectivity index (χ4v) is 4.40. The molecule has 0 unspecified atom stereocenters. The molecule has 0 aliphatic heterocycles. The largest absolute Gasteiger partial charge is 0.310 e. The Labute approximate surface area is 198 Å². The quantitative estimate of drug-likeness (QED) is 0.276. The first-order valence-electron chi connectivity index (χ1n) is 11.4. The Hall–Kier alpha value is -3.84. The molecule has 4 aromatic rings. The monoisotopic (exact) mass is 429 g/mol. The molecule has 0 aliphatic rings. The standard InChI is InChI=1S/C32H31N/c1-6-28-9-7-8-10-29(28)16-13-27-14-19-31(20-15-27)33(30-17-11-23(2)12-18-30)32-25(4)21-24(3)22-26(32)5/h6-22H,1H2,2-5H3. The van der Waals surface area contributed by atoms with Crippen LogP contribution in [0.25, 0.3) is 18.2 Å². The van der Waals surface area contributed by atoms with Gasteiger partial charge in [-0.25, -0.2) is 0 Å². The molecule has 0 spiro atoms. The van der Waals surface area contributed by atoms with Crippen molar-refractivity contribution in [3.8, 4) is 0 Å². The Kier molecular flexibility index (Phi) is 6.60. The molecule has 0 aliphatic carbocycles. The van der Waals surface area contributed by atoms with E-state index in [0.29, 0.717) is 0 Å². The zero-order valence-corrected chi connectivity index (χ0v) is 20.0. The van der Waals surface area contributed by atoms with Gasteiger partial charge in [0.2, 0.25) is 0 Å². The first-order chi connectivity index (χ1) is 16.0. The van der Waals surface area contributed by atoms with Crippen molar-refractivity contribution < 1.29 is 0 Å². The number of nitrogens with zero attached hydrogens (tertiary/aromatic N) is 1. The molecule has 0 radical (unpaired) electrons. The number of rotatable bonds is 6. The molecule has 0 saturated carbocycles. The van der Waals surface area contributed by atoms with E-state index in [2.05, 4.69) is 130 Å². The third-order valence-electron chi connectivity index (χ3n) is 5.97. The van der Waals surface area contributed by atoms with E-state index in [9.17, 15) is 0 Å². The normalized spacial score (nSPS) is 11.0. The van der Waals surface area contributed by atoms with E-state index >= 15 is 0 Å². The molecule has 0 saturated heterocycles. The van der Waals surface area contributed by atoms with E-state index in [0.717, 1.165) is 11.3 Å². The highest BCUT2D eigenvalue weighted by Gasteiger charge is 2.17. The average molecular weight is 430 g/mol. The molecule has 0 N–H and O–H groups in total. The molecule has 1 heteroatoms. The second-order valence-electron chi connectivity index (χ2n) is 8.68. The van der Waals surface area contributed by atoms with E-state index < -0.39 is 0 Å². The van der Waals surface area contributed by atoms with Gasteiger partial charge in [0.15, 0.2) is 0 Å². The minimum Gasteiger partial charge on any atom is -0.310 e. The lowest BCUT2D eigenvalue weighted by molar-refractivity contribution is 1.20. The molecule has 0 heterocycles. The van der Waals surface area contributed by atoms with Crippen molar-refractivity contribution in [2.75, 3.05) is 4.90 Å². The van der Waals surface area contributed by atoms with Crippen LogP contribution in [0.1, 0.15) is 38.9 Å². The molecule has 4 aromatic carbocycles. The summed E-state index contributed by atoms with van der Waals surface area (Å²) in [7, 11) is 0. The molecule has 164 valence electrons. The Morgan fingerprint density at radius 3 is 1.73 bits per heavy atom. The maximum atomic E-state index is 3.92. The van der Waals surface area contributed by atoms with E-state index in [1.54, 1.807) is 0 Å².